The van der Waals surface area contributed by atoms with E-state index >= 15 is 0 Å². The molecule has 0 aromatic heterocycles. The molecule has 0 aliphatic carbocycles. The van der Waals surface area contributed by atoms with Gasteiger partial charge in [0.2, 0.25) is 0 Å². The number of Topliss-reactive ketones (excluding diaryl/α,β-unsaturated/α-hetero) is 1. The predicted molar refractivity (Wildman–Crippen MR) is 64.9 cm³/mol. The van der Waals surface area contributed by atoms with Gasteiger partial charge in [-0.05, 0) is 19.1 Å². The van der Waals surface area contributed by atoms with Crippen molar-refractivity contribution in [2.45, 2.75) is 18.2 Å². The van der Waals surface area contributed by atoms with E-state index in [9.17, 15) is 18.0 Å². The lowest BCUT2D eigenvalue weighted by molar-refractivity contribution is -0.142. The molecule has 0 amide bonds. The van der Waals surface area contributed by atoms with E-state index in [4.69, 9.17) is 0 Å². The lowest BCUT2D eigenvalue weighted by Crippen LogP contribution is -2.19. The third kappa shape index (κ3) is 3.96. The summed E-state index contributed by atoms with van der Waals surface area (Å²) in [5.41, 5.74) is 0.926. The standard InChI is InChI=1S/C12H14O5S/c1-9-3-5-11(6-4-9)18(15,16)8-10(13)7-12(14)17-2/h3-6H,7-8H2,1-2H3. The molecule has 1 aromatic carbocycles. The average molecular weight is 270 g/mol. The monoisotopic (exact) mass is 270 g/mol. The number of hydrogen-bond donors (Lipinski definition) is 0. The quantitative estimate of drug-likeness (QED) is 0.587. The van der Waals surface area contributed by atoms with Gasteiger partial charge in [0.05, 0.1) is 12.0 Å². The number of carbonyl (C=O) groups is 2. The number of sulfone groups is 1. The second kappa shape index (κ2) is 5.77. The Morgan fingerprint density at radius 2 is 1.72 bits per heavy atom. The minimum absolute atomic E-state index is 0.0753. The van der Waals surface area contributed by atoms with E-state index < -0.39 is 33.8 Å². The highest BCUT2D eigenvalue weighted by Gasteiger charge is 2.21. The highest BCUT2D eigenvalue weighted by Crippen LogP contribution is 2.12. The van der Waals surface area contributed by atoms with Crippen LogP contribution < -0.4 is 0 Å². The van der Waals surface area contributed by atoms with E-state index in [1.165, 1.54) is 12.1 Å². The van der Waals surface area contributed by atoms with Crippen molar-refractivity contribution in [1.29, 1.82) is 0 Å². The van der Waals surface area contributed by atoms with Gasteiger partial charge in [-0.25, -0.2) is 8.42 Å². The number of aryl methyl sites for hydroxylation is 1. The molecule has 0 atom stereocenters. The number of carbonyl (C=O) groups excluding carboxylic acids is 2. The van der Waals surface area contributed by atoms with Gasteiger partial charge in [-0.1, -0.05) is 17.7 Å². The van der Waals surface area contributed by atoms with E-state index in [-0.39, 0.29) is 4.90 Å². The van der Waals surface area contributed by atoms with Crippen molar-refractivity contribution in [2.24, 2.45) is 0 Å². The van der Waals surface area contributed by atoms with E-state index in [2.05, 4.69) is 4.74 Å². The second-order valence-corrected chi connectivity index (χ2v) is 5.85. The molecule has 6 heteroatoms. The Kier molecular flexibility index (Phi) is 4.61. The molecule has 0 saturated heterocycles. The largest absolute Gasteiger partial charge is 0.469 e. The maximum Gasteiger partial charge on any atom is 0.313 e. The molecule has 0 heterocycles. The minimum Gasteiger partial charge on any atom is -0.469 e. The Balaban J connectivity index is 2.79. The number of ether oxygens (including phenoxy) is 1. The normalized spacial score (nSPS) is 11.0. The number of hydrogen-bond acceptors (Lipinski definition) is 5. The molecule has 0 unspecified atom stereocenters. The molecule has 5 nitrogen and oxygen atoms in total. The van der Waals surface area contributed by atoms with E-state index in [0.29, 0.717) is 0 Å². The van der Waals surface area contributed by atoms with Crippen molar-refractivity contribution >= 4 is 21.6 Å². The van der Waals surface area contributed by atoms with Gasteiger partial charge in [-0.3, -0.25) is 9.59 Å². The fraction of sp³-hybridized carbons (Fsp3) is 0.333. The van der Waals surface area contributed by atoms with Crippen molar-refractivity contribution in [2.75, 3.05) is 12.9 Å². The summed E-state index contributed by atoms with van der Waals surface area (Å²) >= 11 is 0. The zero-order valence-corrected chi connectivity index (χ0v) is 11.0. The molecule has 0 spiro atoms. The van der Waals surface area contributed by atoms with Crippen LogP contribution in [-0.4, -0.2) is 33.0 Å². The van der Waals surface area contributed by atoms with Crippen LogP contribution in [-0.2, 0) is 24.2 Å². The highest BCUT2D eigenvalue weighted by molar-refractivity contribution is 7.92. The molecular formula is C12H14O5S. The third-order valence-corrected chi connectivity index (χ3v) is 3.99. The Bertz CT molecular complexity index is 542. The van der Waals surface area contributed by atoms with Crippen LogP contribution in [0, 0.1) is 6.92 Å². The van der Waals surface area contributed by atoms with Gasteiger partial charge in [0.15, 0.2) is 15.6 Å². The summed E-state index contributed by atoms with van der Waals surface area (Å²) in [6, 6.07) is 6.18. The first-order valence-corrected chi connectivity index (χ1v) is 6.88. The summed E-state index contributed by atoms with van der Waals surface area (Å²) in [5.74, 6) is -2.10. The van der Waals surface area contributed by atoms with Gasteiger partial charge in [0.25, 0.3) is 0 Å². The molecule has 0 bridgehead atoms. The van der Waals surface area contributed by atoms with E-state index in [0.717, 1.165) is 12.7 Å². The maximum absolute atomic E-state index is 11.9. The molecular weight excluding hydrogens is 256 g/mol. The first-order chi connectivity index (χ1) is 8.35. The summed E-state index contributed by atoms with van der Waals surface area (Å²) in [7, 11) is -2.54. The van der Waals surface area contributed by atoms with Gasteiger partial charge in [0.1, 0.15) is 12.2 Å². The van der Waals surface area contributed by atoms with Crippen molar-refractivity contribution in [1.82, 2.24) is 0 Å². The van der Waals surface area contributed by atoms with E-state index in [1.807, 2.05) is 6.92 Å². The summed E-state index contributed by atoms with van der Waals surface area (Å²) in [6.07, 6.45) is -0.526. The Labute approximate surface area is 106 Å². The smallest absolute Gasteiger partial charge is 0.313 e. The zero-order chi connectivity index (χ0) is 13.8. The third-order valence-electron chi connectivity index (χ3n) is 2.30. The SMILES string of the molecule is COC(=O)CC(=O)CS(=O)(=O)c1ccc(C)cc1. The molecule has 0 saturated carbocycles. The van der Waals surface area contributed by atoms with Crippen LogP contribution in [0.25, 0.3) is 0 Å². The molecule has 0 aliphatic heterocycles. The summed E-state index contributed by atoms with van der Waals surface area (Å²) in [6.45, 7) is 1.83. The Morgan fingerprint density at radius 1 is 1.17 bits per heavy atom. The van der Waals surface area contributed by atoms with Gasteiger partial charge < -0.3 is 4.74 Å². The Hall–Kier alpha value is -1.69. The molecule has 0 N–H and O–H groups in total. The fourth-order valence-electron chi connectivity index (χ4n) is 1.33. The molecule has 18 heavy (non-hydrogen) atoms. The number of benzene rings is 1. The number of rotatable bonds is 5. The topological polar surface area (TPSA) is 77.5 Å². The molecule has 98 valence electrons. The van der Waals surface area contributed by atoms with Crippen LogP contribution in [0.1, 0.15) is 12.0 Å². The maximum atomic E-state index is 11.9. The lowest BCUT2D eigenvalue weighted by Gasteiger charge is -2.04. The van der Waals surface area contributed by atoms with Crippen molar-refractivity contribution < 1.29 is 22.7 Å². The van der Waals surface area contributed by atoms with Crippen LogP contribution in [0.4, 0.5) is 0 Å². The first kappa shape index (κ1) is 14.4. The first-order valence-electron chi connectivity index (χ1n) is 5.23. The van der Waals surface area contributed by atoms with Crippen LogP contribution in [0.2, 0.25) is 0 Å². The zero-order valence-electron chi connectivity index (χ0n) is 10.2. The average Bonchev–Trinajstić information content (AvgIpc) is 2.28. The molecule has 0 fully saturated rings. The van der Waals surface area contributed by atoms with Crippen molar-refractivity contribution in [3.8, 4) is 0 Å². The molecule has 0 aliphatic rings. The van der Waals surface area contributed by atoms with Crippen LogP contribution in [0.5, 0.6) is 0 Å². The van der Waals surface area contributed by atoms with Crippen LogP contribution >= 0.6 is 0 Å². The second-order valence-electron chi connectivity index (χ2n) is 3.86. The number of methoxy groups -OCH3 is 1. The summed E-state index contributed by atoms with van der Waals surface area (Å²) in [4.78, 5) is 22.3. The highest BCUT2D eigenvalue weighted by atomic mass is 32.2. The minimum atomic E-state index is -3.69. The van der Waals surface area contributed by atoms with Crippen molar-refractivity contribution in [3.63, 3.8) is 0 Å². The fourth-order valence-corrected chi connectivity index (χ4v) is 2.57. The van der Waals surface area contributed by atoms with E-state index in [1.54, 1.807) is 12.1 Å². The number of esters is 1. The van der Waals surface area contributed by atoms with Crippen LogP contribution in [0.15, 0.2) is 29.2 Å². The summed E-state index contributed by atoms with van der Waals surface area (Å²) < 4.78 is 28.0. The number of ketones is 1. The molecule has 0 radical (unpaired) electrons. The van der Waals surface area contributed by atoms with Gasteiger partial charge in [-0.2, -0.15) is 0 Å². The van der Waals surface area contributed by atoms with Crippen molar-refractivity contribution in [3.05, 3.63) is 29.8 Å². The van der Waals surface area contributed by atoms with Gasteiger partial charge in [-0.15, -0.1) is 0 Å². The molecule has 1 rings (SSSR count). The lowest BCUT2D eigenvalue weighted by atomic mass is 10.2. The summed E-state index contributed by atoms with van der Waals surface area (Å²) in [5, 5.41) is 0. The predicted octanol–water partition coefficient (Wildman–Crippen LogP) is 0.901. The van der Waals surface area contributed by atoms with Crippen LogP contribution in [0.3, 0.4) is 0 Å². The van der Waals surface area contributed by atoms with Gasteiger partial charge >= 0.3 is 5.97 Å². The Morgan fingerprint density at radius 3 is 2.22 bits per heavy atom. The van der Waals surface area contributed by atoms with Gasteiger partial charge in [0, 0.05) is 0 Å². The molecule has 1 aromatic rings.